The zero-order valence-corrected chi connectivity index (χ0v) is 33.6. The number of carbonyl (C=O) groups is 5. The van der Waals surface area contributed by atoms with E-state index in [1.165, 1.54) is 24.3 Å². The number of nitrogens with one attached hydrogen (secondary N) is 2. The molecule has 1 aliphatic heterocycles. The zero-order valence-electron chi connectivity index (χ0n) is 32.9. The number of alkyl halides is 1. The molecule has 0 saturated carbocycles. The van der Waals surface area contributed by atoms with E-state index in [9.17, 15) is 24.0 Å². The van der Waals surface area contributed by atoms with E-state index < -0.39 is 34.0 Å². The first-order valence-electron chi connectivity index (χ1n) is 18.7. The van der Waals surface area contributed by atoms with Gasteiger partial charge in [0, 0.05) is 36.2 Å². The van der Waals surface area contributed by atoms with Crippen molar-refractivity contribution in [2.24, 2.45) is 5.41 Å². The summed E-state index contributed by atoms with van der Waals surface area (Å²) in [6.45, 7) is 16.0. The molecule has 1 heterocycles. The Bertz CT molecular complexity index is 1830. The Balaban J connectivity index is 1.45. The molecule has 3 aromatic rings. The molecule has 1 aliphatic rings. The van der Waals surface area contributed by atoms with Gasteiger partial charge in [-0.25, -0.2) is 9.69 Å². The number of anilines is 1. The van der Waals surface area contributed by atoms with Crippen molar-refractivity contribution in [2.45, 2.75) is 103 Å². The second-order valence-corrected chi connectivity index (χ2v) is 16.5. The fourth-order valence-electron chi connectivity index (χ4n) is 6.17. The van der Waals surface area contributed by atoms with Crippen LogP contribution in [0.5, 0.6) is 5.75 Å². The average Bonchev–Trinajstić information content (AvgIpc) is 3.44. The van der Waals surface area contributed by atoms with Gasteiger partial charge in [-0.15, -0.1) is 0 Å². The minimum Gasteiger partial charge on any atom is -0.493 e. The quantitative estimate of drug-likeness (QED) is 0.0446. The number of ether oxygens (including phenoxy) is 1. The number of hydrogen-bond donors (Lipinski definition) is 2. The minimum absolute atomic E-state index is 0.0292. The van der Waals surface area contributed by atoms with Crippen LogP contribution in [0.2, 0.25) is 0 Å². The van der Waals surface area contributed by atoms with Crippen LogP contribution in [-0.4, -0.2) is 64.0 Å². The third-order valence-corrected chi connectivity index (χ3v) is 11.1. The number of hydrogen-bond acceptors (Lipinski definition) is 6. The van der Waals surface area contributed by atoms with E-state index in [-0.39, 0.29) is 42.8 Å². The molecule has 4 rings (SSSR count). The summed E-state index contributed by atoms with van der Waals surface area (Å²) in [4.78, 5) is 67.7. The maximum Gasteiger partial charge on any atom is 0.329 e. The van der Waals surface area contributed by atoms with E-state index in [4.69, 9.17) is 16.3 Å². The van der Waals surface area contributed by atoms with Crippen molar-refractivity contribution in [3.05, 3.63) is 95.6 Å². The first-order chi connectivity index (χ1) is 25.4. The number of nitrogens with zero attached hydrogens (tertiary/aromatic N) is 2. The van der Waals surface area contributed by atoms with Gasteiger partial charge in [-0.3, -0.25) is 19.2 Å². The van der Waals surface area contributed by atoms with Gasteiger partial charge < -0.3 is 20.3 Å². The topological polar surface area (TPSA) is 125 Å². The molecule has 0 bridgehead atoms. The van der Waals surface area contributed by atoms with Crippen LogP contribution in [0.15, 0.2) is 78.9 Å². The number of Topliss-reactive ketones (excluding diaryl/α,β-unsaturated/α-hetero) is 1. The van der Waals surface area contributed by atoms with Crippen LogP contribution in [0.3, 0.4) is 0 Å². The first kappa shape index (κ1) is 42.0. The fourth-order valence-corrected chi connectivity index (χ4v) is 6.64. The second-order valence-electron chi connectivity index (χ2n) is 15.9. The molecule has 54 heavy (non-hydrogen) atoms. The molecule has 11 heteroatoms. The number of rotatable bonds is 18. The highest BCUT2D eigenvalue weighted by molar-refractivity contribution is 6.50. The van der Waals surface area contributed by atoms with Crippen molar-refractivity contribution in [3.8, 4) is 5.75 Å². The van der Waals surface area contributed by atoms with Crippen LogP contribution in [0, 0.1) is 5.41 Å². The van der Waals surface area contributed by atoms with Crippen molar-refractivity contribution in [1.82, 2.24) is 15.1 Å². The van der Waals surface area contributed by atoms with Crippen molar-refractivity contribution >= 4 is 46.8 Å². The Hall–Kier alpha value is -4.70. The van der Waals surface area contributed by atoms with Gasteiger partial charge in [-0.2, -0.15) is 0 Å². The summed E-state index contributed by atoms with van der Waals surface area (Å²) in [5, 5.41) is 5.39. The van der Waals surface area contributed by atoms with Crippen LogP contribution >= 0.6 is 11.6 Å². The molecule has 1 unspecified atom stereocenters. The van der Waals surface area contributed by atoms with Gasteiger partial charge in [-0.1, -0.05) is 128 Å². The molecule has 290 valence electrons. The number of ketones is 1. The lowest BCUT2D eigenvalue weighted by Gasteiger charge is -2.37. The number of carbonyl (C=O) groups excluding carboxylic acids is 5. The van der Waals surface area contributed by atoms with E-state index in [1.54, 1.807) is 54.6 Å². The Labute approximate surface area is 325 Å². The molecule has 5 amide bonds. The SMILES string of the molecule is CCC(C)(C)c1ccc(OCCCC(=O)NCC(C)(C)C(=O)C(Cl)(C(=O)Nc2ccccc2)N2C(=O)CN(Cc3ccccc3)C2=O)c(C(C)(C)CC)c1. The highest BCUT2D eigenvalue weighted by atomic mass is 35.5. The zero-order chi connectivity index (χ0) is 39.9. The molecular weight excluding hydrogens is 704 g/mol. The van der Waals surface area contributed by atoms with Gasteiger partial charge in [-0.05, 0) is 59.4 Å². The number of para-hydroxylation sites is 1. The van der Waals surface area contributed by atoms with Gasteiger partial charge in [0.2, 0.25) is 5.91 Å². The van der Waals surface area contributed by atoms with Gasteiger partial charge in [0.15, 0.2) is 5.78 Å². The lowest BCUT2D eigenvalue weighted by atomic mass is 9.76. The predicted molar refractivity (Wildman–Crippen MR) is 212 cm³/mol. The van der Waals surface area contributed by atoms with Crippen LogP contribution in [0.25, 0.3) is 0 Å². The Morgan fingerprint density at radius 1 is 0.833 bits per heavy atom. The maximum absolute atomic E-state index is 14.4. The number of amides is 5. The Kier molecular flexibility index (Phi) is 13.4. The van der Waals surface area contributed by atoms with Crippen molar-refractivity contribution in [1.29, 1.82) is 0 Å². The third-order valence-electron chi connectivity index (χ3n) is 10.6. The molecule has 1 atom stereocenters. The number of benzene rings is 3. The van der Waals surface area contributed by atoms with Crippen molar-refractivity contribution in [3.63, 3.8) is 0 Å². The van der Waals surface area contributed by atoms with Crippen LogP contribution in [-0.2, 0) is 36.6 Å². The standard InChI is InChI=1S/C43H55ClN4O6/c1-9-40(3,4)31-23-24-34(33(26-31)41(5,6)10-2)54-25-17-22-35(49)45-29-42(7,8)37(51)43(44,38(52)46-32-20-15-12-16-21-32)48-36(50)28-47(39(48)53)27-30-18-13-11-14-19-30/h11-16,18-21,23-24,26H,9-10,17,22,25,27-29H2,1-8H3,(H,45,49)(H,46,52). The summed E-state index contributed by atoms with van der Waals surface area (Å²) in [5.74, 6) is -2.30. The van der Waals surface area contributed by atoms with Gasteiger partial charge in [0.05, 0.1) is 6.61 Å². The average molecular weight is 759 g/mol. The Morgan fingerprint density at radius 3 is 2.06 bits per heavy atom. The fraction of sp³-hybridized carbons (Fsp3) is 0.465. The van der Waals surface area contributed by atoms with Crippen LogP contribution in [0.4, 0.5) is 10.5 Å². The largest absolute Gasteiger partial charge is 0.493 e. The molecule has 0 aromatic heterocycles. The van der Waals surface area contributed by atoms with E-state index in [1.807, 2.05) is 12.1 Å². The smallest absolute Gasteiger partial charge is 0.329 e. The molecule has 1 saturated heterocycles. The van der Waals surface area contributed by atoms with E-state index in [0.717, 1.165) is 29.7 Å². The van der Waals surface area contributed by atoms with E-state index >= 15 is 0 Å². The number of halogens is 1. The van der Waals surface area contributed by atoms with Gasteiger partial charge >= 0.3 is 6.03 Å². The molecule has 1 fully saturated rings. The predicted octanol–water partition coefficient (Wildman–Crippen LogP) is 7.97. The molecule has 0 radical (unpaired) electrons. The Morgan fingerprint density at radius 2 is 1.44 bits per heavy atom. The first-order valence-corrected chi connectivity index (χ1v) is 19.1. The highest BCUT2D eigenvalue weighted by Gasteiger charge is 2.61. The second kappa shape index (κ2) is 17.2. The van der Waals surface area contributed by atoms with Crippen molar-refractivity contribution in [2.75, 3.05) is 25.0 Å². The molecule has 10 nitrogen and oxygen atoms in total. The summed E-state index contributed by atoms with van der Waals surface area (Å²) >= 11 is 6.98. The van der Waals surface area contributed by atoms with Crippen LogP contribution in [0.1, 0.15) is 97.8 Å². The summed E-state index contributed by atoms with van der Waals surface area (Å²) in [6, 6.07) is 22.8. The lowest BCUT2D eigenvalue weighted by molar-refractivity contribution is -0.146. The molecule has 0 spiro atoms. The third kappa shape index (κ3) is 9.50. The highest BCUT2D eigenvalue weighted by Crippen LogP contribution is 2.39. The summed E-state index contributed by atoms with van der Waals surface area (Å²) in [7, 11) is 0. The molecule has 0 aliphatic carbocycles. The van der Waals surface area contributed by atoms with Crippen LogP contribution < -0.4 is 15.4 Å². The normalized spacial score (nSPS) is 14.8. The molecule has 3 aromatic carbocycles. The lowest BCUT2D eigenvalue weighted by Crippen LogP contribution is -2.64. The number of urea groups is 1. The maximum atomic E-state index is 14.4. The monoisotopic (exact) mass is 758 g/mol. The van der Waals surface area contributed by atoms with Gasteiger partial charge in [0.1, 0.15) is 12.3 Å². The summed E-state index contributed by atoms with van der Waals surface area (Å²) < 4.78 is 6.23. The minimum atomic E-state index is -2.75. The number of imide groups is 1. The molecular formula is C43H55ClN4O6. The summed E-state index contributed by atoms with van der Waals surface area (Å²) in [6.07, 6.45) is 2.47. The van der Waals surface area contributed by atoms with E-state index in [0.29, 0.717) is 23.6 Å². The molecule has 2 N–H and O–H groups in total. The van der Waals surface area contributed by atoms with E-state index in [2.05, 4.69) is 64.3 Å². The van der Waals surface area contributed by atoms with Gasteiger partial charge in [0.25, 0.3) is 16.8 Å². The van der Waals surface area contributed by atoms with Crippen molar-refractivity contribution < 1.29 is 28.7 Å². The summed E-state index contributed by atoms with van der Waals surface area (Å²) in [5.41, 5.74) is 1.91.